The van der Waals surface area contributed by atoms with E-state index in [0.29, 0.717) is 16.0 Å². The molecule has 2 aromatic carbocycles. The summed E-state index contributed by atoms with van der Waals surface area (Å²) in [4.78, 5) is 13.2. The number of hydrogen-bond donors (Lipinski definition) is 1. The molecule has 2 atom stereocenters. The van der Waals surface area contributed by atoms with Crippen molar-refractivity contribution in [2.45, 2.75) is 38.5 Å². The van der Waals surface area contributed by atoms with E-state index < -0.39 is 30.7 Å². The van der Waals surface area contributed by atoms with Crippen molar-refractivity contribution in [1.29, 1.82) is 10.5 Å². The number of benzene rings is 2. The molecule has 0 aliphatic carbocycles. The van der Waals surface area contributed by atoms with E-state index in [4.69, 9.17) is 16.3 Å². The Morgan fingerprint density at radius 3 is 1.97 bits per heavy atom. The van der Waals surface area contributed by atoms with Gasteiger partial charge in [0.25, 0.3) is 0 Å². The first-order chi connectivity index (χ1) is 14.6. The Bertz CT molecular complexity index is 970. The van der Waals surface area contributed by atoms with Gasteiger partial charge in [-0.1, -0.05) is 50.2 Å². The zero-order chi connectivity index (χ0) is 23.2. The number of nitriles is 2. The number of halogens is 3. The standard InChI is InChI=1S/C23H23F3N4O/c1-15(2)13-20(29)22(31)30(12-11-27)21(23(24,25)26)19-9-7-18(8-10-19)17-5-3-16(14-28)4-6-17/h3-10,15,20-21H,12-13,29H2,1-2H3/t20-,21-/m0/s1. The highest BCUT2D eigenvalue weighted by atomic mass is 19.4. The summed E-state index contributed by atoms with van der Waals surface area (Å²) in [7, 11) is 0. The maximum Gasteiger partial charge on any atom is 0.413 e. The van der Waals surface area contributed by atoms with Crippen LogP contribution in [-0.2, 0) is 4.79 Å². The van der Waals surface area contributed by atoms with Crippen molar-refractivity contribution in [3.8, 4) is 23.3 Å². The van der Waals surface area contributed by atoms with Gasteiger partial charge in [-0.2, -0.15) is 23.7 Å². The summed E-state index contributed by atoms with van der Waals surface area (Å²) in [6.45, 7) is 2.89. The molecule has 2 N–H and O–H groups in total. The van der Waals surface area contributed by atoms with Crippen molar-refractivity contribution in [2.75, 3.05) is 6.54 Å². The lowest BCUT2D eigenvalue weighted by Gasteiger charge is -2.33. The number of alkyl halides is 3. The highest BCUT2D eigenvalue weighted by molar-refractivity contribution is 5.82. The molecule has 0 bridgehead atoms. The van der Waals surface area contributed by atoms with Gasteiger partial charge in [0.15, 0.2) is 6.04 Å². The number of amides is 1. The van der Waals surface area contributed by atoms with Gasteiger partial charge in [-0.15, -0.1) is 0 Å². The molecule has 2 aromatic rings. The highest BCUT2D eigenvalue weighted by Crippen LogP contribution is 2.38. The van der Waals surface area contributed by atoms with E-state index in [1.54, 1.807) is 30.3 Å². The van der Waals surface area contributed by atoms with Crippen LogP contribution >= 0.6 is 0 Å². The summed E-state index contributed by atoms with van der Waals surface area (Å²) >= 11 is 0. The quantitative estimate of drug-likeness (QED) is 0.655. The van der Waals surface area contributed by atoms with E-state index in [-0.39, 0.29) is 17.9 Å². The first-order valence-electron chi connectivity index (χ1n) is 9.68. The van der Waals surface area contributed by atoms with Gasteiger partial charge in [0.05, 0.1) is 23.7 Å². The second kappa shape index (κ2) is 10.1. The first-order valence-corrected chi connectivity index (χ1v) is 9.68. The lowest BCUT2D eigenvalue weighted by molar-refractivity contribution is -0.191. The predicted molar refractivity (Wildman–Crippen MR) is 110 cm³/mol. The maximum absolute atomic E-state index is 14.0. The molecule has 0 aromatic heterocycles. The minimum atomic E-state index is -4.79. The fraction of sp³-hybridized carbons (Fsp3) is 0.348. The molecular weight excluding hydrogens is 405 g/mol. The average molecular weight is 428 g/mol. The molecule has 0 radical (unpaired) electrons. The highest BCUT2D eigenvalue weighted by Gasteiger charge is 2.47. The van der Waals surface area contributed by atoms with Gasteiger partial charge in [0, 0.05) is 0 Å². The summed E-state index contributed by atoms with van der Waals surface area (Å²) < 4.78 is 42.0. The number of nitrogens with two attached hydrogens (primary N) is 1. The molecule has 0 saturated carbocycles. The van der Waals surface area contributed by atoms with Crippen LogP contribution < -0.4 is 5.73 Å². The Balaban J connectivity index is 2.41. The third-order valence-corrected chi connectivity index (χ3v) is 4.76. The van der Waals surface area contributed by atoms with Gasteiger partial charge in [0.2, 0.25) is 5.91 Å². The minimum absolute atomic E-state index is 0.0129. The second-order valence-electron chi connectivity index (χ2n) is 7.62. The van der Waals surface area contributed by atoms with Gasteiger partial charge >= 0.3 is 6.18 Å². The van der Waals surface area contributed by atoms with Crippen molar-refractivity contribution < 1.29 is 18.0 Å². The molecule has 1 amide bonds. The molecule has 0 aliphatic rings. The van der Waals surface area contributed by atoms with Crippen molar-refractivity contribution >= 4 is 5.91 Å². The third kappa shape index (κ3) is 6.07. The molecule has 0 spiro atoms. The van der Waals surface area contributed by atoms with Crippen LogP contribution in [0.4, 0.5) is 13.2 Å². The Morgan fingerprint density at radius 2 is 1.55 bits per heavy atom. The van der Waals surface area contributed by atoms with E-state index in [1.165, 1.54) is 24.3 Å². The predicted octanol–water partition coefficient (Wildman–Crippen LogP) is 4.55. The zero-order valence-electron chi connectivity index (χ0n) is 17.2. The molecule has 0 aliphatic heterocycles. The smallest absolute Gasteiger partial charge is 0.320 e. The van der Waals surface area contributed by atoms with Gasteiger partial charge in [-0.3, -0.25) is 4.79 Å². The Kier molecular flexibility index (Phi) is 7.79. The molecule has 162 valence electrons. The minimum Gasteiger partial charge on any atom is -0.320 e. The Hall–Kier alpha value is -3.36. The lowest BCUT2D eigenvalue weighted by Crippen LogP contribution is -2.49. The van der Waals surface area contributed by atoms with Crippen LogP contribution in [-0.4, -0.2) is 29.6 Å². The van der Waals surface area contributed by atoms with E-state index >= 15 is 0 Å². The monoisotopic (exact) mass is 428 g/mol. The van der Waals surface area contributed by atoms with E-state index in [0.717, 1.165) is 5.56 Å². The summed E-state index contributed by atoms with van der Waals surface area (Å²) in [5.74, 6) is -0.896. The number of rotatable bonds is 7. The second-order valence-corrected chi connectivity index (χ2v) is 7.62. The molecule has 8 heteroatoms. The number of carbonyl (C=O) groups excluding carboxylic acids is 1. The molecule has 2 rings (SSSR count). The topological polar surface area (TPSA) is 93.9 Å². The normalized spacial score (nSPS) is 13.2. The van der Waals surface area contributed by atoms with Crippen LogP contribution in [0.5, 0.6) is 0 Å². The van der Waals surface area contributed by atoms with Gasteiger partial charge < -0.3 is 10.6 Å². The van der Waals surface area contributed by atoms with Gasteiger partial charge in [-0.05, 0) is 41.2 Å². The number of nitrogens with zero attached hydrogens (tertiary/aromatic N) is 3. The van der Waals surface area contributed by atoms with Crippen LogP contribution in [0.1, 0.15) is 37.4 Å². The lowest BCUT2D eigenvalue weighted by atomic mass is 9.97. The van der Waals surface area contributed by atoms with E-state index in [9.17, 15) is 18.0 Å². The average Bonchev–Trinajstić information content (AvgIpc) is 2.72. The van der Waals surface area contributed by atoms with Crippen LogP contribution in [0.2, 0.25) is 0 Å². The largest absolute Gasteiger partial charge is 0.413 e. The molecule has 0 fully saturated rings. The van der Waals surface area contributed by atoms with Crippen LogP contribution in [0.25, 0.3) is 11.1 Å². The maximum atomic E-state index is 14.0. The Labute approximate surface area is 179 Å². The van der Waals surface area contributed by atoms with Crippen molar-refractivity contribution in [3.63, 3.8) is 0 Å². The molecule has 0 heterocycles. The van der Waals surface area contributed by atoms with Crippen LogP contribution in [0.15, 0.2) is 48.5 Å². The van der Waals surface area contributed by atoms with Gasteiger partial charge in [-0.25, -0.2) is 0 Å². The zero-order valence-corrected chi connectivity index (χ0v) is 17.2. The van der Waals surface area contributed by atoms with E-state index in [2.05, 4.69) is 0 Å². The fourth-order valence-electron chi connectivity index (χ4n) is 3.34. The molecular formula is C23H23F3N4O. The summed E-state index contributed by atoms with van der Waals surface area (Å²) in [5.41, 5.74) is 7.54. The number of hydrogen-bond acceptors (Lipinski definition) is 4. The summed E-state index contributed by atoms with van der Waals surface area (Å²) in [6.07, 6.45) is -4.58. The molecule has 0 saturated heterocycles. The third-order valence-electron chi connectivity index (χ3n) is 4.76. The van der Waals surface area contributed by atoms with Gasteiger partial charge in [0.1, 0.15) is 6.54 Å². The van der Waals surface area contributed by atoms with E-state index in [1.807, 2.05) is 19.9 Å². The Morgan fingerprint density at radius 1 is 1.03 bits per heavy atom. The molecule has 31 heavy (non-hydrogen) atoms. The van der Waals surface area contributed by atoms with Crippen LogP contribution in [0, 0.1) is 28.6 Å². The fourth-order valence-corrected chi connectivity index (χ4v) is 3.34. The first kappa shape index (κ1) is 23.9. The SMILES string of the molecule is CC(C)C[C@H](N)C(=O)N(CC#N)[C@@H](c1ccc(-c2ccc(C#N)cc2)cc1)C(F)(F)F. The van der Waals surface area contributed by atoms with Crippen molar-refractivity contribution in [1.82, 2.24) is 4.90 Å². The summed E-state index contributed by atoms with van der Waals surface area (Å²) in [6, 6.07) is 12.5. The van der Waals surface area contributed by atoms with Crippen molar-refractivity contribution in [3.05, 3.63) is 59.7 Å². The van der Waals surface area contributed by atoms with Crippen molar-refractivity contribution in [2.24, 2.45) is 11.7 Å². The number of carbonyl (C=O) groups is 1. The van der Waals surface area contributed by atoms with Crippen LogP contribution in [0.3, 0.4) is 0 Å². The molecule has 0 unspecified atom stereocenters. The molecule has 5 nitrogen and oxygen atoms in total. The summed E-state index contributed by atoms with van der Waals surface area (Å²) in [5, 5.41) is 18.0.